The Balaban J connectivity index is 4.68. The molecule has 0 amide bonds. The van der Waals surface area contributed by atoms with Gasteiger partial charge in [0, 0.05) is 12.8 Å². The van der Waals surface area contributed by atoms with Crippen molar-refractivity contribution in [3.63, 3.8) is 0 Å². The number of phosphoric acid groups is 1. The van der Waals surface area contributed by atoms with Crippen molar-refractivity contribution in [2.45, 2.75) is 166 Å². The number of aliphatic hydroxyl groups is 5. The van der Waals surface area contributed by atoms with Crippen LogP contribution in [0.15, 0.2) is 72.9 Å². The summed E-state index contributed by atoms with van der Waals surface area (Å²) in [7, 11) is -4.71. The van der Waals surface area contributed by atoms with Crippen LogP contribution in [0.3, 0.4) is 0 Å². The number of phosphoric ester groups is 1. The van der Waals surface area contributed by atoms with Gasteiger partial charge in [0.25, 0.3) is 0 Å². The maximum absolute atomic E-state index is 12.6. The van der Waals surface area contributed by atoms with E-state index < -0.39 is 76.7 Å². The smallest absolute Gasteiger partial charge is 0.462 e. The normalized spacial score (nSPS) is 16.2. The summed E-state index contributed by atoms with van der Waals surface area (Å²) in [4.78, 5) is 35.0. The van der Waals surface area contributed by atoms with Crippen molar-refractivity contribution in [1.82, 2.24) is 0 Å². The van der Waals surface area contributed by atoms with Gasteiger partial charge >= 0.3 is 19.8 Å². The highest BCUT2D eigenvalue weighted by Gasteiger charge is 2.27. The lowest BCUT2D eigenvalue weighted by atomic mass is 10.1. The number of esters is 2. The fourth-order valence-electron chi connectivity index (χ4n) is 5.23. The lowest BCUT2D eigenvalue weighted by Gasteiger charge is -2.20. The van der Waals surface area contributed by atoms with Gasteiger partial charge in [-0.15, -0.1) is 0 Å². The lowest BCUT2D eigenvalue weighted by molar-refractivity contribution is -0.161. The Morgan fingerprint density at radius 2 is 1.19 bits per heavy atom. The number of unbranched alkanes of at least 4 members (excludes halogenated alkanes) is 10. The van der Waals surface area contributed by atoms with Crippen LogP contribution in [0.4, 0.5) is 0 Å². The summed E-state index contributed by atoms with van der Waals surface area (Å²) in [5.74, 6) is -1.28. The Kier molecular flexibility index (Phi) is 36.7. The largest absolute Gasteiger partial charge is 0.472 e. The second-order valence-corrected chi connectivity index (χ2v) is 15.7. The molecule has 6 N–H and O–H groups in total. The third-order valence-electron chi connectivity index (χ3n) is 8.70. The lowest BCUT2D eigenvalue weighted by Crippen LogP contribution is -2.30. The standard InChI is InChI=1S/C44H75O13P/c1-3-5-7-8-9-10-11-12-13-14-15-16-17-22-26-32-44(51)57-40(37-56-58(52,53)55-35-39(47)34-45)36-54-43(50)33-27-31-42(49)41(48)30-25-21-19-18-20-24-29-38(46)28-23-6-4-2/h9-10,12-13,18-21,24-25,29-30,38-42,45-49H,3-8,11,14-17,22-23,26-28,31-37H2,1-2H3,(H,52,53)/b10-9-,13-12-,20-18-,21-19+,29-24+,30-25+/t38-,39+,40-,41-,42-/m1/s1. The highest BCUT2D eigenvalue weighted by Crippen LogP contribution is 2.43. The molecule has 0 aliphatic rings. The molecule has 0 saturated heterocycles. The summed E-state index contributed by atoms with van der Waals surface area (Å²) < 4.78 is 32.4. The number of rotatable bonds is 38. The van der Waals surface area contributed by atoms with Gasteiger partial charge in [0.1, 0.15) is 12.7 Å². The van der Waals surface area contributed by atoms with E-state index in [0.29, 0.717) is 6.42 Å². The van der Waals surface area contributed by atoms with Crippen LogP contribution >= 0.6 is 7.82 Å². The molecule has 0 aromatic carbocycles. The number of aliphatic hydroxyl groups excluding tert-OH is 5. The third kappa shape index (κ3) is 36.4. The molecule has 1 unspecified atom stereocenters. The van der Waals surface area contributed by atoms with Crippen LogP contribution in [0, 0.1) is 0 Å². The minimum Gasteiger partial charge on any atom is -0.462 e. The fourth-order valence-corrected chi connectivity index (χ4v) is 6.02. The molecule has 0 aromatic heterocycles. The molecule has 6 atom stereocenters. The van der Waals surface area contributed by atoms with Gasteiger partial charge < -0.3 is 39.9 Å². The monoisotopic (exact) mass is 842 g/mol. The highest BCUT2D eigenvalue weighted by atomic mass is 31.2. The average molecular weight is 843 g/mol. The van der Waals surface area contributed by atoms with Gasteiger partial charge in [-0.3, -0.25) is 18.6 Å². The quantitative estimate of drug-likeness (QED) is 0.0115. The van der Waals surface area contributed by atoms with Crippen molar-refractivity contribution in [1.29, 1.82) is 0 Å². The summed E-state index contributed by atoms with van der Waals surface area (Å²) >= 11 is 0. The molecule has 0 heterocycles. The van der Waals surface area contributed by atoms with Crippen molar-refractivity contribution < 1.29 is 63.1 Å². The first-order chi connectivity index (χ1) is 27.9. The Labute approximate surface area is 347 Å². The van der Waals surface area contributed by atoms with Crippen molar-refractivity contribution in [3.8, 4) is 0 Å². The first-order valence-electron chi connectivity index (χ1n) is 21.2. The molecule has 0 bridgehead atoms. The SMILES string of the molecule is CCCCC/C=C\C/C=C\CCCCCCCC(=O)O[C@H](COC(=O)CCC[C@@H](O)[C@H](O)/C=C/C=C/C=C\C=C\[C@H](O)CCCCC)COP(=O)(O)OC[C@@H](O)CO. The summed E-state index contributed by atoms with van der Waals surface area (Å²) in [6.45, 7) is 1.82. The van der Waals surface area contributed by atoms with E-state index in [1.165, 1.54) is 25.3 Å². The second-order valence-electron chi connectivity index (χ2n) is 14.2. The number of carbonyl (C=O) groups is 2. The number of ether oxygens (including phenoxy) is 2. The van der Waals surface area contributed by atoms with E-state index in [1.54, 1.807) is 42.5 Å². The molecule has 334 valence electrons. The third-order valence-corrected chi connectivity index (χ3v) is 9.65. The first-order valence-corrected chi connectivity index (χ1v) is 22.7. The Morgan fingerprint density at radius 3 is 1.86 bits per heavy atom. The minimum atomic E-state index is -4.71. The van der Waals surface area contributed by atoms with Crippen LogP contribution in [-0.2, 0) is 32.7 Å². The van der Waals surface area contributed by atoms with Gasteiger partial charge in [0.2, 0.25) is 0 Å². The van der Waals surface area contributed by atoms with E-state index in [2.05, 4.69) is 42.7 Å². The number of hydrogen-bond acceptors (Lipinski definition) is 12. The molecular weight excluding hydrogens is 767 g/mol. The predicted molar refractivity (Wildman–Crippen MR) is 228 cm³/mol. The van der Waals surface area contributed by atoms with E-state index in [9.17, 15) is 39.5 Å². The number of hydrogen-bond donors (Lipinski definition) is 6. The summed E-state index contributed by atoms with van der Waals surface area (Å²) in [6, 6.07) is 0. The van der Waals surface area contributed by atoms with E-state index in [-0.39, 0.29) is 25.7 Å². The first kappa shape index (κ1) is 55.3. The van der Waals surface area contributed by atoms with Gasteiger partial charge in [0.05, 0.1) is 38.1 Å². The zero-order valence-corrected chi connectivity index (χ0v) is 36.0. The van der Waals surface area contributed by atoms with Crippen LogP contribution in [0.5, 0.6) is 0 Å². The molecule has 0 radical (unpaired) electrons. The Morgan fingerprint density at radius 1 is 0.621 bits per heavy atom. The van der Waals surface area contributed by atoms with Gasteiger partial charge in [0.15, 0.2) is 6.10 Å². The summed E-state index contributed by atoms with van der Waals surface area (Å²) in [5, 5.41) is 48.7. The van der Waals surface area contributed by atoms with Crippen molar-refractivity contribution in [3.05, 3.63) is 72.9 Å². The minimum absolute atomic E-state index is 0.0910. The van der Waals surface area contributed by atoms with Gasteiger partial charge in [-0.05, 0) is 57.8 Å². The molecule has 0 aliphatic heterocycles. The molecular formula is C44H75O13P. The van der Waals surface area contributed by atoms with Crippen LogP contribution in [-0.4, -0.2) is 99.3 Å². The molecule has 0 aromatic rings. The molecule has 13 nitrogen and oxygen atoms in total. The fraction of sp³-hybridized carbons (Fsp3) is 0.682. The maximum Gasteiger partial charge on any atom is 0.472 e. The van der Waals surface area contributed by atoms with Crippen LogP contribution in [0.2, 0.25) is 0 Å². The zero-order chi connectivity index (χ0) is 43.1. The zero-order valence-electron chi connectivity index (χ0n) is 35.1. The second kappa shape index (κ2) is 38.5. The molecule has 0 spiro atoms. The Bertz CT molecular complexity index is 1250. The van der Waals surface area contributed by atoms with E-state index in [1.807, 2.05) is 0 Å². The molecule has 58 heavy (non-hydrogen) atoms. The van der Waals surface area contributed by atoms with Crippen molar-refractivity contribution >= 4 is 19.8 Å². The van der Waals surface area contributed by atoms with Crippen molar-refractivity contribution in [2.75, 3.05) is 26.4 Å². The number of carbonyl (C=O) groups excluding carboxylic acids is 2. The van der Waals surface area contributed by atoms with Crippen LogP contribution in [0.25, 0.3) is 0 Å². The van der Waals surface area contributed by atoms with E-state index in [4.69, 9.17) is 19.1 Å². The Hall–Kier alpha value is -2.71. The van der Waals surface area contributed by atoms with E-state index in [0.717, 1.165) is 70.6 Å². The van der Waals surface area contributed by atoms with Crippen LogP contribution in [0.1, 0.15) is 136 Å². The highest BCUT2D eigenvalue weighted by molar-refractivity contribution is 7.47. The van der Waals surface area contributed by atoms with Crippen molar-refractivity contribution in [2.24, 2.45) is 0 Å². The van der Waals surface area contributed by atoms with Gasteiger partial charge in [-0.1, -0.05) is 138 Å². The summed E-state index contributed by atoms with van der Waals surface area (Å²) in [5.41, 5.74) is 0. The average Bonchev–Trinajstić information content (AvgIpc) is 3.20. The topological polar surface area (TPSA) is 210 Å². The maximum atomic E-state index is 12.6. The number of allylic oxidation sites excluding steroid dienone is 10. The van der Waals surface area contributed by atoms with Gasteiger partial charge in [-0.25, -0.2) is 4.57 Å². The van der Waals surface area contributed by atoms with Gasteiger partial charge in [-0.2, -0.15) is 0 Å². The molecule has 0 rings (SSSR count). The molecule has 14 heteroatoms. The molecule has 0 fully saturated rings. The predicted octanol–water partition coefficient (Wildman–Crippen LogP) is 7.80. The molecule has 0 aliphatic carbocycles. The molecule has 0 saturated carbocycles. The van der Waals surface area contributed by atoms with Crippen LogP contribution < -0.4 is 0 Å². The van der Waals surface area contributed by atoms with E-state index >= 15 is 0 Å². The summed E-state index contributed by atoms with van der Waals surface area (Å²) in [6.07, 6.45) is 32.3.